The van der Waals surface area contributed by atoms with E-state index in [-0.39, 0.29) is 20.1 Å². The van der Waals surface area contributed by atoms with Gasteiger partial charge in [-0.05, 0) is 30.4 Å². The zero-order chi connectivity index (χ0) is 15.5. The SMILES string of the molecule is CCC(c1ccc2c(c1)S/C(=C/c1ccccn1)[CH-]2)C(C)C.[Ir]. The van der Waals surface area contributed by atoms with Gasteiger partial charge in [-0.15, -0.1) is 24.1 Å². The number of nitrogens with zero attached hydrogens (tertiary/aromatic N) is 1. The standard InChI is InChI=1S/C20H22NS.Ir/c1-4-19(14(2)3)15-8-9-16-11-18(22-20(16)12-15)13-17-7-5-6-10-21-17;/h5-14,19H,4H2,1-3H3;/q-1;/b18-13+;. The van der Waals surface area contributed by atoms with Gasteiger partial charge in [0.25, 0.3) is 0 Å². The summed E-state index contributed by atoms with van der Waals surface area (Å²) in [7, 11) is 0. The fourth-order valence-corrected chi connectivity index (χ4v) is 4.13. The number of fused-ring (bicyclic) bond motifs is 1. The fourth-order valence-electron chi connectivity index (χ4n) is 3.07. The molecule has 0 saturated heterocycles. The molecule has 1 unspecified atom stereocenters. The zero-order valence-corrected chi connectivity index (χ0v) is 17.0. The summed E-state index contributed by atoms with van der Waals surface area (Å²) in [5, 5.41) is 0. The molecule has 0 fully saturated rings. The van der Waals surface area contributed by atoms with Crippen molar-refractivity contribution in [3.63, 3.8) is 0 Å². The van der Waals surface area contributed by atoms with Gasteiger partial charge in [0.1, 0.15) is 0 Å². The fraction of sp³-hybridized carbons (Fsp3) is 0.300. The van der Waals surface area contributed by atoms with Gasteiger partial charge >= 0.3 is 0 Å². The van der Waals surface area contributed by atoms with Crippen LogP contribution in [0.15, 0.2) is 52.4 Å². The van der Waals surface area contributed by atoms with E-state index in [4.69, 9.17) is 0 Å². The molecule has 0 saturated carbocycles. The van der Waals surface area contributed by atoms with Crippen molar-refractivity contribution in [1.82, 2.24) is 4.98 Å². The van der Waals surface area contributed by atoms with Crippen molar-refractivity contribution in [2.24, 2.45) is 5.92 Å². The van der Waals surface area contributed by atoms with Crippen LogP contribution >= 0.6 is 11.8 Å². The normalized spacial score (nSPS) is 15.9. The van der Waals surface area contributed by atoms with Crippen LogP contribution in [0.2, 0.25) is 0 Å². The van der Waals surface area contributed by atoms with Crippen molar-refractivity contribution in [3.8, 4) is 0 Å². The van der Waals surface area contributed by atoms with Gasteiger partial charge in [-0.1, -0.05) is 54.3 Å². The Balaban J connectivity index is 0.00000192. The van der Waals surface area contributed by atoms with E-state index in [0.29, 0.717) is 11.8 Å². The van der Waals surface area contributed by atoms with Crippen LogP contribution in [0.5, 0.6) is 0 Å². The Kier molecular flexibility index (Phi) is 6.52. The maximum atomic E-state index is 4.38. The van der Waals surface area contributed by atoms with E-state index in [0.717, 1.165) is 5.69 Å². The average molecular weight is 501 g/mol. The molecular formula is C20H22IrNS-. The van der Waals surface area contributed by atoms with Gasteiger partial charge in [-0.25, -0.2) is 0 Å². The topological polar surface area (TPSA) is 12.9 Å². The molecule has 1 aliphatic rings. The molecule has 1 nitrogen and oxygen atoms in total. The summed E-state index contributed by atoms with van der Waals surface area (Å²) < 4.78 is 0. The maximum absolute atomic E-state index is 4.38. The molecule has 0 N–H and O–H groups in total. The molecule has 1 aromatic carbocycles. The second-order valence-electron chi connectivity index (χ2n) is 6.10. The smallest absolute Gasteiger partial charge is 0.0265 e. The van der Waals surface area contributed by atoms with Crippen LogP contribution in [0.25, 0.3) is 6.08 Å². The first kappa shape index (κ1) is 18.3. The number of hydrogen-bond donors (Lipinski definition) is 0. The summed E-state index contributed by atoms with van der Waals surface area (Å²) in [6.07, 6.45) is 7.45. The second-order valence-corrected chi connectivity index (χ2v) is 7.22. The molecule has 3 rings (SSSR count). The minimum atomic E-state index is 0. The summed E-state index contributed by atoms with van der Waals surface area (Å²) in [4.78, 5) is 7.02. The maximum Gasteiger partial charge on any atom is 0.0265 e. The molecule has 0 amide bonds. The first-order valence-electron chi connectivity index (χ1n) is 7.96. The predicted molar refractivity (Wildman–Crippen MR) is 95.8 cm³/mol. The summed E-state index contributed by atoms with van der Waals surface area (Å²) in [6, 6.07) is 13.0. The Bertz CT molecular complexity index is 679. The minimum Gasteiger partial charge on any atom is -0.267 e. The van der Waals surface area contributed by atoms with Gasteiger partial charge < -0.3 is 0 Å². The van der Waals surface area contributed by atoms with Gasteiger partial charge in [-0.3, -0.25) is 4.98 Å². The third-order valence-corrected chi connectivity index (χ3v) is 5.26. The number of pyridine rings is 1. The Morgan fingerprint density at radius 2 is 2.04 bits per heavy atom. The number of hydrogen-bond acceptors (Lipinski definition) is 2. The molecule has 0 aliphatic carbocycles. The van der Waals surface area contributed by atoms with Gasteiger partial charge in [0.15, 0.2) is 0 Å². The van der Waals surface area contributed by atoms with E-state index in [9.17, 15) is 0 Å². The molecule has 1 atom stereocenters. The van der Waals surface area contributed by atoms with Crippen LogP contribution in [-0.2, 0) is 20.1 Å². The van der Waals surface area contributed by atoms with Crippen LogP contribution < -0.4 is 0 Å². The number of rotatable bonds is 4. The van der Waals surface area contributed by atoms with Crippen molar-refractivity contribution in [3.05, 3.63) is 70.7 Å². The molecule has 0 spiro atoms. The van der Waals surface area contributed by atoms with Crippen LogP contribution in [-0.4, -0.2) is 4.98 Å². The van der Waals surface area contributed by atoms with Gasteiger partial charge in [0.2, 0.25) is 0 Å². The van der Waals surface area contributed by atoms with E-state index < -0.39 is 0 Å². The van der Waals surface area contributed by atoms with Crippen LogP contribution in [0.3, 0.4) is 0 Å². The van der Waals surface area contributed by atoms with Crippen LogP contribution in [0.4, 0.5) is 0 Å². The number of benzene rings is 1. The molecule has 1 radical (unpaired) electrons. The number of allylic oxidation sites excluding steroid dienone is 1. The largest absolute Gasteiger partial charge is 0.267 e. The van der Waals surface area contributed by atoms with E-state index in [1.807, 2.05) is 36.2 Å². The molecule has 3 heteroatoms. The molecule has 0 bridgehead atoms. The molecule has 2 heterocycles. The quantitative estimate of drug-likeness (QED) is 0.483. The van der Waals surface area contributed by atoms with E-state index in [1.54, 1.807) is 0 Å². The Hall–Kier alpha value is -1.02. The molecule has 23 heavy (non-hydrogen) atoms. The first-order valence-corrected chi connectivity index (χ1v) is 8.78. The molecule has 1 aromatic heterocycles. The van der Waals surface area contributed by atoms with E-state index >= 15 is 0 Å². The first-order chi connectivity index (χ1) is 10.7. The van der Waals surface area contributed by atoms with Crippen molar-refractivity contribution in [1.29, 1.82) is 0 Å². The number of aromatic nitrogens is 1. The summed E-state index contributed by atoms with van der Waals surface area (Å²) in [5.41, 5.74) is 3.81. The monoisotopic (exact) mass is 501 g/mol. The minimum absolute atomic E-state index is 0. The average Bonchev–Trinajstić information content (AvgIpc) is 2.90. The van der Waals surface area contributed by atoms with E-state index in [1.165, 1.54) is 27.3 Å². The third kappa shape index (κ3) is 4.29. The molecular weight excluding hydrogens is 479 g/mol. The number of thioether (sulfide) groups is 1. The van der Waals surface area contributed by atoms with Gasteiger partial charge in [0, 0.05) is 32.0 Å². The Morgan fingerprint density at radius 1 is 1.22 bits per heavy atom. The second kappa shape index (κ2) is 8.19. The summed E-state index contributed by atoms with van der Waals surface area (Å²) in [5.74, 6) is 1.33. The van der Waals surface area contributed by atoms with Gasteiger partial charge in [0.05, 0.1) is 0 Å². The van der Waals surface area contributed by atoms with Crippen molar-refractivity contribution >= 4 is 17.8 Å². The van der Waals surface area contributed by atoms with Gasteiger partial charge in [-0.2, -0.15) is 11.8 Å². The van der Waals surface area contributed by atoms with Crippen molar-refractivity contribution < 1.29 is 20.1 Å². The van der Waals surface area contributed by atoms with Crippen molar-refractivity contribution in [2.75, 3.05) is 0 Å². The molecule has 123 valence electrons. The zero-order valence-electron chi connectivity index (χ0n) is 13.7. The van der Waals surface area contributed by atoms with Crippen LogP contribution in [0, 0.1) is 12.3 Å². The summed E-state index contributed by atoms with van der Waals surface area (Å²) >= 11 is 1.85. The summed E-state index contributed by atoms with van der Waals surface area (Å²) in [6.45, 7) is 6.91. The van der Waals surface area contributed by atoms with E-state index in [2.05, 4.69) is 56.5 Å². The molecule has 2 aromatic rings. The Labute approximate surface area is 157 Å². The predicted octanol–water partition coefficient (Wildman–Crippen LogP) is 5.93. The molecule has 1 aliphatic heterocycles. The van der Waals surface area contributed by atoms with Crippen molar-refractivity contribution in [2.45, 2.75) is 38.0 Å². The Morgan fingerprint density at radius 3 is 2.70 bits per heavy atom. The van der Waals surface area contributed by atoms with Crippen LogP contribution in [0.1, 0.15) is 49.9 Å². The third-order valence-electron chi connectivity index (χ3n) is 4.21.